The molecule has 0 aromatic rings. The fourth-order valence-electron chi connectivity index (χ4n) is 1.55. The monoisotopic (exact) mass is 332 g/mol. The van der Waals surface area contributed by atoms with Gasteiger partial charge in [-0.1, -0.05) is 13.2 Å². The molecule has 23 heavy (non-hydrogen) atoms. The number of carboxylic acids is 2. The van der Waals surface area contributed by atoms with Gasteiger partial charge in [-0.2, -0.15) is 0 Å². The molecule has 3 unspecified atom stereocenters. The van der Waals surface area contributed by atoms with Crippen molar-refractivity contribution in [3.63, 3.8) is 0 Å². The number of aliphatic hydroxyl groups is 2. The van der Waals surface area contributed by atoms with E-state index in [0.29, 0.717) is 0 Å². The van der Waals surface area contributed by atoms with E-state index in [0.717, 1.165) is 0 Å². The SMILES string of the molecule is C=C(CC(O)COCC(C)OCC(O)CC(=C)C(=O)O)C(=O)O. The quantitative estimate of drug-likeness (QED) is 0.351. The van der Waals surface area contributed by atoms with Crippen LogP contribution >= 0.6 is 0 Å². The van der Waals surface area contributed by atoms with Crippen LogP contribution in [0.5, 0.6) is 0 Å². The number of aliphatic carboxylic acids is 2. The molecule has 0 aromatic heterocycles. The molecule has 8 nitrogen and oxygen atoms in total. The summed E-state index contributed by atoms with van der Waals surface area (Å²) in [4.78, 5) is 21.1. The molecular weight excluding hydrogens is 308 g/mol. The number of carboxylic acid groups (broad SMARTS) is 2. The van der Waals surface area contributed by atoms with E-state index in [9.17, 15) is 19.8 Å². The fraction of sp³-hybridized carbons (Fsp3) is 0.600. The van der Waals surface area contributed by atoms with E-state index >= 15 is 0 Å². The first-order valence-corrected chi connectivity index (χ1v) is 7.01. The van der Waals surface area contributed by atoms with Crippen molar-refractivity contribution in [2.24, 2.45) is 0 Å². The van der Waals surface area contributed by atoms with Crippen LogP contribution in [0.1, 0.15) is 19.8 Å². The maximum Gasteiger partial charge on any atom is 0.331 e. The van der Waals surface area contributed by atoms with E-state index in [1.165, 1.54) is 0 Å². The third kappa shape index (κ3) is 10.6. The van der Waals surface area contributed by atoms with Crippen molar-refractivity contribution in [3.05, 3.63) is 24.3 Å². The minimum atomic E-state index is -1.17. The first-order valence-electron chi connectivity index (χ1n) is 7.01. The number of hydrogen-bond donors (Lipinski definition) is 4. The maximum atomic E-state index is 10.6. The second-order valence-corrected chi connectivity index (χ2v) is 5.21. The molecule has 8 heteroatoms. The van der Waals surface area contributed by atoms with Gasteiger partial charge in [-0.25, -0.2) is 9.59 Å². The second-order valence-electron chi connectivity index (χ2n) is 5.21. The van der Waals surface area contributed by atoms with Gasteiger partial charge in [0.25, 0.3) is 0 Å². The molecule has 0 saturated heterocycles. The highest BCUT2D eigenvalue weighted by Crippen LogP contribution is 2.06. The Balaban J connectivity index is 3.84. The lowest BCUT2D eigenvalue weighted by atomic mass is 10.1. The van der Waals surface area contributed by atoms with Gasteiger partial charge in [0.05, 0.1) is 38.1 Å². The second kappa shape index (κ2) is 10.9. The van der Waals surface area contributed by atoms with E-state index in [1.807, 2.05) is 0 Å². The number of ether oxygens (including phenoxy) is 2. The van der Waals surface area contributed by atoms with Crippen molar-refractivity contribution in [1.29, 1.82) is 0 Å². The summed E-state index contributed by atoms with van der Waals surface area (Å²) >= 11 is 0. The molecule has 0 rings (SSSR count). The molecule has 3 atom stereocenters. The average molecular weight is 332 g/mol. The smallest absolute Gasteiger partial charge is 0.331 e. The fourth-order valence-corrected chi connectivity index (χ4v) is 1.55. The third-order valence-corrected chi connectivity index (χ3v) is 2.80. The van der Waals surface area contributed by atoms with Gasteiger partial charge in [-0.3, -0.25) is 0 Å². The lowest BCUT2D eigenvalue weighted by Crippen LogP contribution is -2.26. The van der Waals surface area contributed by atoms with Crippen LogP contribution in [0.2, 0.25) is 0 Å². The molecule has 0 spiro atoms. The van der Waals surface area contributed by atoms with Crippen LogP contribution in [-0.2, 0) is 19.1 Å². The molecule has 0 aliphatic heterocycles. The summed E-state index contributed by atoms with van der Waals surface area (Å²) in [6.45, 7) is 8.28. The topological polar surface area (TPSA) is 134 Å². The van der Waals surface area contributed by atoms with Crippen molar-refractivity contribution < 1.29 is 39.5 Å². The highest BCUT2D eigenvalue weighted by Gasteiger charge is 2.15. The Kier molecular flexibility index (Phi) is 10.1. The molecule has 0 amide bonds. The molecule has 132 valence electrons. The van der Waals surface area contributed by atoms with Gasteiger partial charge in [0.2, 0.25) is 0 Å². The molecule has 0 aliphatic carbocycles. The van der Waals surface area contributed by atoms with Crippen molar-refractivity contribution in [3.8, 4) is 0 Å². The van der Waals surface area contributed by atoms with Gasteiger partial charge >= 0.3 is 11.9 Å². The molecule has 0 heterocycles. The van der Waals surface area contributed by atoms with E-state index < -0.39 is 30.3 Å². The molecule has 4 N–H and O–H groups in total. The Bertz CT molecular complexity index is 431. The van der Waals surface area contributed by atoms with E-state index in [2.05, 4.69) is 13.2 Å². The molecule has 0 aliphatic rings. The van der Waals surface area contributed by atoms with E-state index in [-0.39, 0.29) is 43.8 Å². The highest BCUT2D eigenvalue weighted by atomic mass is 16.5. The van der Waals surface area contributed by atoms with Gasteiger partial charge in [-0.15, -0.1) is 0 Å². The van der Waals surface area contributed by atoms with Crippen LogP contribution in [0.15, 0.2) is 24.3 Å². The average Bonchev–Trinajstić information content (AvgIpc) is 2.44. The predicted molar refractivity (Wildman–Crippen MR) is 81.0 cm³/mol. The standard InChI is InChI=1S/C15H24O8/c1-9(14(18)19)4-12(16)7-22-6-11(3)23-8-13(17)5-10(2)15(20)21/h11-13,16-17H,1-2,4-8H2,3H3,(H,18,19)(H,20,21). The van der Waals surface area contributed by atoms with Crippen molar-refractivity contribution in [1.82, 2.24) is 0 Å². The maximum absolute atomic E-state index is 10.6. The first kappa shape index (κ1) is 21.3. The Morgan fingerprint density at radius 2 is 1.35 bits per heavy atom. The van der Waals surface area contributed by atoms with Crippen LogP contribution in [0.3, 0.4) is 0 Å². The highest BCUT2D eigenvalue weighted by molar-refractivity contribution is 5.86. The Morgan fingerprint density at radius 1 is 0.913 bits per heavy atom. The summed E-state index contributed by atoms with van der Waals surface area (Å²) < 4.78 is 10.5. The molecule has 0 fully saturated rings. The van der Waals surface area contributed by atoms with Gasteiger partial charge in [0.15, 0.2) is 0 Å². The van der Waals surface area contributed by atoms with E-state index in [4.69, 9.17) is 19.7 Å². The summed E-state index contributed by atoms with van der Waals surface area (Å²) in [5.74, 6) is -2.34. The summed E-state index contributed by atoms with van der Waals surface area (Å²) in [5, 5.41) is 36.4. The molecule has 0 radical (unpaired) electrons. The number of carbonyl (C=O) groups is 2. The van der Waals surface area contributed by atoms with Gasteiger partial charge in [0, 0.05) is 24.0 Å². The van der Waals surface area contributed by atoms with E-state index in [1.54, 1.807) is 6.92 Å². The van der Waals surface area contributed by atoms with Crippen molar-refractivity contribution >= 4 is 11.9 Å². The van der Waals surface area contributed by atoms with Crippen LogP contribution < -0.4 is 0 Å². The number of rotatable bonds is 13. The van der Waals surface area contributed by atoms with Crippen molar-refractivity contribution in [2.75, 3.05) is 19.8 Å². The van der Waals surface area contributed by atoms with Gasteiger partial charge in [-0.05, 0) is 6.92 Å². The minimum Gasteiger partial charge on any atom is -0.478 e. The summed E-state index contributed by atoms with van der Waals surface area (Å²) in [6.07, 6.45) is -2.54. The zero-order valence-electron chi connectivity index (χ0n) is 13.1. The van der Waals surface area contributed by atoms with Crippen LogP contribution in [0.4, 0.5) is 0 Å². The Labute approximate surface area is 134 Å². The Hall–Kier alpha value is -1.74. The Morgan fingerprint density at radius 3 is 1.78 bits per heavy atom. The third-order valence-electron chi connectivity index (χ3n) is 2.80. The van der Waals surface area contributed by atoms with Gasteiger partial charge < -0.3 is 29.9 Å². The summed E-state index contributed by atoms with van der Waals surface area (Å²) in [6, 6.07) is 0. The number of aliphatic hydroxyl groups excluding tert-OH is 2. The predicted octanol–water partition coefficient (Wildman–Crippen LogP) is 0.192. The van der Waals surface area contributed by atoms with Crippen LogP contribution in [-0.4, -0.2) is 70.5 Å². The molecule has 0 bridgehead atoms. The molecule has 0 aromatic carbocycles. The van der Waals surface area contributed by atoms with Crippen molar-refractivity contribution in [2.45, 2.75) is 38.1 Å². The minimum absolute atomic E-state index is 0.0711. The number of hydrogen-bond acceptors (Lipinski definition) is 6. The summed E-state index contributed by atoms with van der Waals surface area (Å²) in [7, 11) is 0. The lowest BCUT2D eigenvalue weighted by molar-refractivity contribution is -0.134. The summed E-state index contributed by atoms with van der Waals surface area (Å²) in [5.41, 5.74) is -0.209. The zero-order valence-corrected chi connectivity index (χ0v) is 13.1. The van der Waals surface area contributed by atoms with Crippen LogP contribution in [0, 0.1) is 0 Å². The largest absolute Gasteiger partial charge is 0.478 e. The van der Waals surface area contributed by atoms with Gasteiger partial charge in [0.1, 0.15) is 0 Å². The molecule has 0 saturated carbocycles. The normalized spacial score (nSPS) is 14.7. The molecular formula is C15H24O8. The van der Waals surface area contributed by atoms with Crippen LogP contribution in [0.25, 0.3) is 0 Å². The first-order chi connectivity index (χ1) is 10.6. The zero-order chi connectivity index (χ0) is 18.0. The lowest BCUT2D eigenvalue weighted by Gasteiger charge is -2.18.